The van der Waals surface area contributed by atoms with Gasteiger partial charge in [0.2, 0.25) is 15.9 Å². The lowest BCUT2D eigenvalue weighted by atomic mass is 10.1. The van der Waals surface area contributed by atoms with Crippen molar-refractivity contribution in [2.24, 2.45) is 0 Å². The molecule has 1 amide bonds. The van der Waals surface area contributed by atoms with E-state index in [4.69, 9.17) is 4.74 Å². The summed E-state index contributed by atoms with van der Waals surface area (Å²) in [5.74, 6) is 0.649. The molecule has 0 bridgehead atoms. The number of aryl methyl sites for hydroxylation is 1. The zero-order valence-electron chi connectivity index (χ0n) is 16.6. The maximum absolute atomic E-state index is 12.3. The molecule has 0 saturated heterocycles. The number of nitrogens with one attached hydrogen (secondary N) is 2. The highest BCUT2D eigenvalue weighted by Gasteiger charge is 2.27. The van der Waals surface area contributed by atoms with Crippen LogP contribution in [0.15, 0.2) is 47.4 Å². The van der Waals surface area contributed by atoms with Crippen molar-refractivity contribution >= 4 is 42.6 Å². The highest BCUT2D eigenvalue weighted by Crippen LogP contribution is 2.29. The molecule has 1 saturated carbocycles. The molecule has 0 spiro atoms. The van der Waals surface area contributed by atoms with E-state index in [1.165, 1.54) is 11.3 Å². The second-order valence-electron chi connectivity index (χ2n) is 7.17. The molecule has 7 nitrogen and oxygen atoms in total. The quantitative estimate of drug-likeness (QED) is 0.523. The van der Waals surface area contributed by atoms with Crippen LogP contribution in [0.5, 0.6) is 5.75 Å². The minimum absolute atomic E-state index is 0.0756. The van der Waals surface area contributed by atoms with Crippen LogP contribution in [0.25, 0.3) is 10.2 Å². The van der Waals surface area contributed by atoms with Crippen LogP contribution in [0.2, 0.25) is 0 Å². The number of sulfonamides is 1. The SMILES string of the molecule is CCOc1ccc2nc(NC(=O)CCc3ccc(S(=O)(=O)NC4CC4)cc3)sc2c1. The van der Waals surface area contributed by atoms with Crippen LogP contribution in [0.1, 0.15) is 31.7 Å². The van der Waals surface area contributed by atoms with Crippen molar-refractivity contribution in [1.29, 1.82) is 0 Å². The Morgan fingerprint density at radius 3 is 2.67 bits per heavy atom. The molecule has 0 atom stereocenters. The molecule has 158 valence electrons. The number of ether oxygens (including phenoxy) is 1. The Hall–Kier alpha value is -2.49. The highest BCUT2D eigenvalue weighted by molar-refractivity contribution is 7.89. The van der Waals surface area contributed by atoms with Crippen molar-refractivity contribution in [3.8, 4) is 5.75 Å². The number of amides is 1. The fourth-order valence-corrected chi connectivity index (χ4v) is 5.19. The van der Waals surface area contributed by atoms with Crippen LogP contribution in [0.3, 0.4) is 0 Å². The number of rotatable bonds is 9. The topological polar surface area (TPSA) is 97.4 Å². The number of anilines is 1. The number of nitrogens with zero attached hydrogens (tertiary/aromatic N) is 1. The van der Waals surface area contributed by atoms with E-state index in [0.717, 1.165) is 34.4 Å². The molecule has 9 heteroatoms. The molecule has 3 aromatic rings. The minimum Gasteiger partial charge on any atom is -0.494 e. The van der Waals surface area contributed by atoms with Gasteiger partial charge in [0.25, 0.3) is 0 Å². The van der Waals surface area contributed by atoms with Crippen molar-refractivity contribution in [2.45, 2.75) is 43.5 Å². The van der Waals surface area contributed by atoms with E-state index in [0.29, 0.717) is 18.2 Å². The number of fused-ring (bicyclic) bond motifs is 1. The number of hydrogen-bond acceptors (Lipinski definition) is 6. The number of benzene rings is 2. The monoisotopic (exact) mass is 445 g/mol. The molecular formula is C21H23N3O4S2. The third-order valence-electron chi connectivity index (χ3n) is 4.69. The summed E-state index contributed by atoms with van der Waals surface area (Å²) in [7, 11) is -3.45. The molecule has 1 aliphatic carbocycles. The largest absolute Gasteiger partial charge is 0.494 e. The summed E-state index contributed by atoms with van der Waals surface area (Å²) in [4.78, 5) is 17.0. The van der Waals surface area contributed by atoms with Crippen molar-refractivity contribution in [2.75, 3.05) is 11.9 Å². The summed E-state index contributed by atoms with van der Waals surface area (Å²) in [6, 6.07) is 12.4. The van der Waals surface area contributed by atoms with Gasteiger partial charge >= 0.3 is 0 Å². The van der Waals surface area contributed by atoms with E-state index in [2.05, 4.69) is 15.0 Å². The highest BCUT2D eigenvalue weighted by atomic mass is 32.2. The molecule has 2 N–H and O–H groups in total. The van der Waals surface area contributed by atoms with Crippen LogP contribution in [0.4, 0.5) is 5.13 Å². The number of carbonyl (C=O) groups excluding carboxylic acids is 1. The third kappa shape index (κ3) is 5.16. The van der Waals surface area contributed by atoms with Gasteiger partial charge in [-0.2, -0.15) is 0 Å². The van der Waals surface area contributed by atoms with Gasteiger partial charge in [-0.15, -0.1) is 0 Å². The summed E-state index contributed by atoms with van der Waals surface area (Å²) in [5, 5.41) is 3.39. The van der Waals surface area contributed by atoms with E-state index in [1.807, 2.05) is 25.1 Å². The lowest BCUT2D eigenvalue weighted by molar-refractivity contribution is -0.116. The number of carbonyl (C=O) groups is 1. The Kier molecular flexibility index (Phi) is 6.03. The summed E-state index contributed by atoms with van der Waals surface area (Å²) in [6.45, 7) is 2.53. The van der Waals surface area contributed by atoms with Gasteiger partial charge in [0, 0.05) is 12.5 Å². The smallest absolute Gasteiger partial charge is 0.240 e. The molecular weight excluding hydrogens is 422 g/mol. The molecule has 0 radical (unpaired) electrons. The molecule has 30 heavy (non-hydrogen) atoms. The lowest BCUT2D eigenvalue weighted by Gasteiger charge is -2.07. The predicted octanol–water partition coefficient (Wildman–Crippen LogP) is 3.71. The Morgan fingerprint density at radius 1 is 1.20 bits per heavy atom. The molecule has 1 aliphatic rings. The fraction of sp³-hybridized carbons (Fsp3) is 0.333. The third-order valence-corrected chi connectivity index (χ3v) is 7.16. The lowest BCUT2D eigenvalue weighted by Crippen LogP contribution is -2.25. The molecule has 1 heterocycles. The summed E-state index contributed by atoms with van der Waals surface area (Å²) < 4.78 is 33.5. The van der Waals surface area contributed by atoms with E-state index in [-0.39, 0.29) is 23.3 Å². The van der Waals surface area contributed by atoms with Crippen LogP contribution in [0, 0.1) is 0 Å². The standard InChI is InChI=1S/C21H23N3O4S2/c1-2-28-16-8-11-18-19(13-16)29-21(22-18)23-20(25)12-5-14-3-9-17(10-4-14)30(26,27)24-15-6-7-15/h3-4,8-11,13,15,24H,2,5-7,12H2,1H3,(H,22,23,25). The first kappa shape index (κ1) is 20.8. The first-order valence-corrected chi connectivity index (χ1v) is 12.2. The maximum Gasteiger partial charge on any atom is 0.240 e. The Labute approximate surface area is 179 Å². The van der Waals surface area contributed by atoms with Gasteiger partial charge in [0.15, 0.2) is 5.13 Å². The summed E-state index contributed by atoms with van der Waals surface area (Å²) >= 11 is 1.41. The van der Waals surface area contributed by atoms with Gasteiger partial charge in [-0.25, -0.2) is 18.1 Å². The average Bonchev–Trinajstić information content (AvgIpc) is 3.43. The molecule has 1 aromatic heterocycles. The van der Waals surface area contributed by atoms with Crippen molar-refractivity contribution < 1.29 is 17.9 Å². The fourth-order valence-electron chi connectivity index (χ4n) is 2.98. The van der Waals surface area contributed by atoms with Gasteiger partial charge in [0.05, 0.1) is 21.7 Å². The van der Waals surface area contributed by atoms with Crippen LogP contribution < -0.4 is 14.8 Å². The van der Waals surface area contributed by atoms with E-state index < -0.39 is 10.0 Å². The second-order valence-corrected chi connectivity index (χ2v) is 9.91. The van der Waals surface area contributed by atoms with E-state index >= 15 is 0 Å². The normalized spacial score (nSPS) is 14.0. The molecule has 0 unspecified atom stereocenters. The van der Waals surface area contributed by atoms with Crippen molar-refractivity contribution in [3.63, 3.8) is 0 Å². The average molecular weight is 446 g/mol. The van der Waals surface area contributed by atoms with E-state index in [1.54, 1.807) is 24.3 Å². The Bertz CT molecular complexity index is 1150. The summed E-state index contributed by atoms with van der Waals surface area (Å²) in [5.41, 5.74) is 1.72. The van der Waals surface area contributed by atoms with Gasteiger partial charge in [-0.05, 0) is 62.1 Å². The minimum atomic E-state index is -3.45. The Balaban J connectivity index is 1.32. The number of aromatic nitrogens is 1. The van der Waals surface area contributed by atoms with Gasteiger partial charge in [-0.3, -0.25) is 4.79 Å². The zero-order chi connectivity index (χ0) is 21.1. The van der Waals surface area contributed by atoms with Crippen molar-refractivity contribution in [3.05, 3.63) is 48.0 Å². The second kappa shape index (κ2) is 8.71. The predicted molar refractivity (Wildman–Crippen MR) is 118 cm³/mol. The first-order chi connectivity index (χ1) is 14.4. The van der Waals surface area contributed by atoms with Gasteiger partial charge < -0.3 is 10.1 Å². The van der Waals surface area contributed by atoms with Gasteiger partial charge in [-0.1, -0.05) is 23.5 Å². The molecule has 4 rings (SSSR count). The number of thiazole rings is 1. The van der Waals surface area contributed by atoms with E-state index in [9.17, 15) is 13.2 Å². The van der Waals surface area contributed by atoms with Gasteiger partial charge in [0.1, 0.15) is 5.75 Å². The zero-order valence-corrected chi connectivity index (χ0v) is 18.2. The molecule has 1 fully saturated rings. The molecule has 0 aliphatic heterocycles. The van der Waals surface area contributed by atoms with Crippen LogP contribution in [-0.4, -0.2) is 32.0 Å². The molecule has 2 aromatic carbocycles. The van der Waals surface area contributed by atoms with Crippen LogP contribution >= 0.6 is 11.3 Å². The Morgan fingerprint density at radius 2 is 1.97 bits per heavy atom. The van der Waals surface area contributed by atoms with Crippen molar-refractivity contribution in [1.82, 2.24) is 9.71 Å². The van der Waals surface area contributed by atoms with Crippen LogP contribution in [-0.2, 0) is 21.2 Å². The summed E-state index contributed by atoms with van der Waals surface area (Å²) in [6.07, 6.45) is 2.59. The number of hydrogen-bond donors (Lipinski definition) is 2. The first-order valence-electron chi connectivity index (χ1n) is 9.87. The maximum atomic E-state index is 12.3.